The lowest BCUT2D eigenvalue weighted by Crippen LogP contribution is -2.26. The third-order valence-electron chi connectivity index (χ3n) is 7.65. The maximum atomic E-state index is 13.0. The van der Waals surface area contributed by atoms with Gasteiger partial charge in [0.25, 0.3) is 5.91 Å². The van der Waals surface area contributed by atoms with Crippen LogP contribution in [0.4, 0.5) is 11.5 Å². The number of carbonyl (C=O) groups is 1. The van der Waals surface area contributed by atoms with Gasteiger partial charge in [0.1, 0.15) is 17.7 Å². The number of amides is 1. The monoisotopic (exact) mass is 602 g/mol. The van der Waals surface area contributed by atoms with Gasteiger partial charge < -0.3 is 24.4 Å². The van der Waals surface area contributed by atoms with E-state index in [-0.39, 0.29) is 48.0 Å². The van der Waals surface area contributed by atoms with Gasteiger partial charge in [0.05, 0.1) is 48.2 Å². The number of pyridine rings is 2. The van der Waals surface area contributed by atoms with E-state index in [4.69, 9.17) is 19.2 Å². The second kappa shape index (κ2) is 12.3. The van der Waals surface area contributed by atoms with Gasteiger partial charge in [-0.25, -0.2) is 13.4 Å². The number of ether oxygens (including phenoxy) is 3. The zero-order valence-electron chi connectivity index (χ0n) is 24.2. The number of rotatable bonds is 8. The number of carbonyl (C=O) groups excluding carboxylic acids is 1. The van der Waals surface area contributed by atoms with Gasteiger partial charge in [-0.1, -0.05) is 12.1 Å². The van der Waals surface area contributed by atoms with Crippen molar-refractivity contribution in [3.05, 3.63) is 83.2 Å². The first-order valence-corrected chi connectivity index (χ1v) is 16.0. The number of benzene rings is 2. The van der Waals surface area contributed by atoms with Crippen LogP contribution in [0.3, 0.4) is 0 Å². The summed E-state index contributed by atoms with van der Waals surface area (Å²) in [5, 5.41) is 3.75. The molecule has 0 bridgehead atoms. The molecule has 4 heterocycles. The fourth-order valence-corrected chi connectivity index (χ4v) is 6.89. The minimum atomic E-state index is -3.51. The number of sulfone groups is 1. The largest absolute Gasteiger partial charge is 0.488 e. The zero-order valence-corrected chi connectivity index (χ0v) is 25.0. The summed E-state index contributed by atoms with van der Waals surface area (Å²) < 4.78 is 41.9. The second-order valence-electron chi connectivity index (χ2n) is 10.8. The van der Waals surface area contributed by atoms with Gasteiger partial charge in [0, 0.05) is 42.6 Å². The molecule has 6 rings (SSSR count). The average molecular weight is 603 g/mol. The quantitative estimate of drug-likeness (QED) is 0.314. The predicted octanol–water partition coefficient (Wildman–Crippen LogP) is 4.36. The van der Waals surface area contributed by atoms with E-state index in [1.165, 1.54) is 11.6 Å². The van der Waals surface area contributed by atoms with E-state index in [9.17, 15) is 13.2 Å². The number of nitrogens with one attached hydrogen (secondary N) is 1. The second-order valence-corrected chi connectivity index (χ2v) is 12.9. The molecule has 0 radical (unpaired) electrons. The summed E-state index contributed by atoms with van der Waals surface area (Å²) in [5.74, 6) is 1.13. The van der Waals surface area contributed by atoms with Crippen LogP contribution in [0.1, 0.15) is 40.5 Å². The molecule has 0 aliphatic carbocycles. The lowest BCUT2D eigenvalue weighted by molar-refractivity contribution is 0.0921. The number of nitrogens with zero attached hydrogens (tertiary/aromatic N) is 3. The number of anilines is 2. The minimum absolute atomic E-state index is 0.0651. The highest BCUT2D eigenvalue weighted by Crippen LogP contribution is 2.36. The van der Waals surface area contributed by atoms with Crippen molar-refractivity contribution in [1.82, 2.24) is 15.3 Å². The highest BCUT2D eigenvalue weighted by molar-refractivity contribution is 7.91. The molecule has 2 aromatic heterocycles. The first-order valence-electron chi connectivity index (χ1n) is 14.3. The van der Waals surface area contributed by atoms with Crippen LogP contribution in [-0.2, 0) is 38.9 Å². The molecule has 224 valence electrons. The Kier molecular flexibility index (Phi) is 8.29. The van der Waals surface area contributed by atoms with Crippen molar-refractivity contribution in [2.45, 2.75) is 43.9 Å². The third kappa shape index (κ3) is 6.34. The Morgan fingerprint density at radius 3 is 2.84 bits per heavy atom. The van der Waals surface area contributed by atoms with Crippen molar-refractivity contribution < 1.29 is 27.4 Å². The van der Waals surface area contributed by atoms with Crippen LogP contribution in [0.25, 0.3) is 10.9 Å². The van der Waals surface area contributed by atoms with Gasteiger partial charge in [0.2, 0.25) is 0 Å². The summed E-state index contributed by atoms with van der Waals surface area (Å²) >= 11 is 0. The topological polar surface area (TPSA) is 120 Å². The van der Waals surface area contributed by atoms with E-state index < -0.39 is 9.84 Å². The van der Waals surface area contributed by atoms with E-state index >= 15 is 0 Å². The molecule has 2 aliphatic rings. The number of fused-ring (bicyclic) bond motifs is 3. The van der Waals surface area contributed by atoms with E-state index in [2.05, 4.69) is 27.3 Å². The van der Waals surface area contributed by atoms with Crippen molar-refractivity contribution >= 4 is 38.2 Å². The first kappa shape index (κ1) is 29.0. The molecular weight excluding hydrogens is 568 g/mol. The molecule has 0 saturated carbocycles. The lowest BCUT2D eigenvalue weighted by Gasteiger charge is -2.31. The molecule has 43 heavy (non-hydrogen) atoms. The SMILES string of the molecule is COC[C@H](C)Oc1ccc2c(c1)N(c1ccc3cnc(CNC(=O)c4ccc5c(c4)S(=O)(=O)CCOC5)cc3n1)CCC2. The van der Waals surface area contributed by atoms with Gasteiger partial charge in [-0.15, -0.1) is 0 Å². The predicted molar refractivity (Wildman–Crippen MR) is 163 cm³/mol. The molecule has 1 N–H and O–H groups in total. The average Bonchev–Trinajstić information content (AvgIpc) is 3.16. The van der Waals surface area contributed by atoms with Crippen LogP contribution < -0.4 is 15.0 Å². The van der Waals surface area contributed by atoms with E-state index in [1.807, 2.05) is 31.2 Å². The van der Waals surface area contributed by atoms with Crippen LogP contribution in [0.2, 0.25) is 0 Å². The van der Waals surface area contributed by atoms with Crippen molar-refractivity contribution in [1.29, 1.82) is 0 Å². The summed E-state index contributed by atoms with van der Waals surface area (Å²) in [6.45, 7) is 3.83. The summed E-state index contributed by atoms with van der Waals surface area (Å²) in [4.78, 5) is 24.8. The summed E-state index contributed by atoms with van der Waals surface area (Å²) in [6, 6.07) is 16.8. The zero-order chi connectivity index (χ0) is 30.0. The van der Waals surface area contributed by atoms with Crippen LogP contribution in [0.15, 0.2) is 65.7 Å². The van der Waals surface area contributed by atoms with Gasteiger partial charge in [-0.3, -0.25) is 9.78 Å². The molecule has 2 aliphatic heterocycles. The van der Waals surface area contributed by atoms with Crippen molar-refractivity contribution in [3.63, 3.8) is 0 Å². The van der Waals surface area contributed by atoms with E-state index in [0.29, 0.717) is 17.9 Å². The Morgan fingerprint density at radius 1 is 1.12 bits per heavy atom. The van der Waals surface area contributed by atoms with Crippen molar-refractivity contribution in [2.75, 3.05) is 37.5 Å². The number of aromatic nitrogens is 2. The van der Waals surface area contributed by atoms with Gasteiger partial charge in [0.15, 0.2) is 9.84 Å². The molecule has 0 fully saturated rings. The number of hydrogen-bond acceptors (Lipinski definition) is 9. The molecule has 10 nitrogen and oxygen atoms in total. The molecule has 0 unspecified atom stereocenters. The maximum absolute atomic E-state index is 13.0. The Balaban J connectivity index is 1.20. The summed E-state index contributed by atoms with van der Waals surface area (Å²) in [7, 11) is -1.85. The Labute approximate surface area is 250 Å². The van der Waals surface area contributed by atoms with Crippen molar-refractivity contribution in [3.8, 4) is 5.75 Å². The Bertz CT molecular complexity index is 1780. The highest BCUT2D eigenvalue weighted by atomic mass is 32.2. The standard InChI is InChI=1S/C32H34N4O6S/c1-21(19-40-2)42-27-9-7-22-4-3-11-36(29(22)16-27)31-10-8-24-17-33-26(15-28(24)35-31)18-34-32(37)23-5-6-25-20-41-12-13-43(38,39)30(25)14-23/h5-10,14-17,21H,3-4,11-13,18-20H2,1-2H3,(H,34,37)/t21-/m0/s1. The van der Waals surface area contributed by atoms with E-state index in [1.54, 1.807) is 25.4 Å². The fourth-order valence-electron chi connectivity index (χ4n) is 5.50. The molecule has 2 aromatic carbocycles. The van der Waals surface area contributed by atoms with Gasteiger partial charge >= 0.3 is 0 Å². The van der Waals surface area contributed by atoms with Crippen LogP contribution in [-0.4, -0.2) is 63.0 Å². The third-order valence-corrected chi connectivity index (χ3v) is 9.41. The normalized spacial score (nSPS) is 16.6. The Morgan fingerprint density at radius 2 is 1.98 bits per heavy atom. The number of aryl methyl sites for hydroxylation is 1. The molecular formula is C32H34N4O6S. The molecule has 0 spiro atoms. The summed E-state index contributed by atoms with van der Waals surface area (Å²) in [5.41, 5.74) is 4.57. The molecule has 1 atom stereocenters. The van der Waals surface area contributed by atoms with Crippen LogP contribution >= 0.6 is 0 Å². The van der Waals surface area contributed by atoms with Crippen LogP contribution in [0.5, 0.6) is 5.75 Å². The fraction of sp³-hybridized carbons (Fsp3) is 0.344. The van der Waals surface area contributed by atoms with E-state index in [0.717, 1.165) is 47.5 Å². The number of methoxy groups -OCH3 is 1. The summed E-state index contributed by atoms with van der Waals surface area (Å²) in [6.07, 6.45) is 3.68. The maximum Gasteiger partial charge on any atom is 0.251 e. The molecule has 11 heteroatoms. The van der Waals surface area contributed by atoms with Gasteiger partial charge in [-0.2, -0.15) is 0 Å². The highest BCUT2D eigenvalue weighted by Gasteiger charge is 2.24. The van der Waals surface area contributed by atoms with Gasteiger partial charge in [-0.05, 0) is 67.3 Å². The lowest BCUT2D eigenvalue weighted by atomic mass is 10.0. The number of hydrogen-bond donors (Lipinski definition) is 1. The molecule has 1 amide bonds. The Hall–Kier alpha value is -4.06. The molecule has 4 aromatic rings. The van der Waals surface area contributed by atoms with Crippen LogP contribution in [0, 0.1) is 0 Å². The molecule has 0 saturated heterocycles. The smallest absolute Gasteiger partial charge is 0.251 e. The van der Waals surface area contributed by atoms with Crippen molar-refractivity contribution in [2.24, 2.45) is 0 Å². The first-order chi connectivity index (χ1) is 20.8. The minimum Gasteiger partial charge on any atom is -0.488 e.